The number of nitrogens with one attached hydrogen (secondary N) is 1. The highest BCUT2D eigenvalue weighted by Gasteiger charge is 2.14. The van der Waals surface area contributed by atoms with Crippen LogP contribution in [-0.4, -0.2) is 24.3 Å². The third-order valence-corrected chi connectivity index (χ3v) is 6.04. The maximum atomic E-state index is 12.3. The third-order valence-electron chi connectivity index (χ3n) is 4.03. The van der Waals surface area contributed by atoms with Crippen molar-refractivity contribution in [2.24, 2.45) is 5.10 Å². The van der Waals surface area contributed by atoms with Crippen LogP contribution in [0.25, 0.3) is 10.8 Å². The Morgan fingerprint density at radius 2 is 1.96 bits per heavy atom. The Hall–Kier alpha value is -2.38. The van der Waals surface area contributed by atoms with Gasteiger partial charge in [-0.15, -0.1) is 0 Å². The van der Waals surface area contributed by atoms with Gasteiger partial charge >= 0.3 is 0 Å². The second-order valence-electron chi connectivity index (χ2n) is 5.75. The molecule has 27 heavy (non-hydrogen) atoms. The summed E-state index contributed by atoms with van der Waals surface area (Å²) in [7, 11) is 1.46. The van der Waals surface area contributed by atoms with Crippen LogP contribution in [-0.2, 0) is 11.2 Å². The summed E-state index contributed by atoms with van der Waals surface area (Å²) in [4.78, 5) is 12.3. The number of hydrogen-bond donors (Lipinski definition) is 2. The number of halogens is 2. The van der Waals surface area contributed by atoms with E-state index in [4.69, 9.17) is 4.74 Å². The van der Waals surface area contributed by atoms with Gasteiger partial charge in [-0.25, -0.2) is 5.43 Å². The average Bonchev–Trinajstić information content (AvgIpc) is 2.67. The Kier molecular flexibility index (Phi) is 6.13. The van der Waals surface area contributed by atoms with Crippen LogP contribution >= 0.6 is 31.9 Å². The molecule has 0 heterocycles. The zero-order chi connectivity index (χ0) is 19.4. The van der Waals surface area contributed by atoms with Crippen molar-refractivity contribution in [1.82, 2.24) is 5.43 Å². The molecule has 5 nitrogen and oxygen atoms in total. The van der Waals surface area contributed by atoms with Crippen molar-refractivity contribution in [3.8, 4) is 11.5 Å². The molecule has 0 atom stereocenters. The SMILES string of the molecule is COc1cc(Br)c(Br)c(/C=N/NC(=O)Cc2cccc3ccccc23)c1O. The number of benzene rings is 3. The molecule has 0 saturated carbocycles. The Bertz CT molecular complexity index is 1030. The number of phenolic OH excluding ortho intramolecular Hbond substituents is 1. The van der Waals surface area contributed by atoms with Gasteiger partial charge in [0.25, 0.3) is 0 Å². The fourth-order valence-corrected chi connectivity index (χ4v) is 3.54. The highest BCUT2D eigenvalue weighted by atomic mass is 79.9. The third kappa shape index (κ3) is 4.31. The molecule has 0 aliphatic rings. The maximum absolute atomic E-state index is 12.3. The Labute approximate surface area is 173 Å². The fourth-order valence-electron chi connectivity index (χ4n) is 2.71. The first-order valence-electron chi connectivity index (χ1n) is 8.04. The lowest BCUT2D eigenvalue weighted by molar-refractivity contribution is -0.120. The van der Waals surface area contributed by atoms with E-state index in [0.717, 1.165) is 16.3 Å². The highest BCUT2D eigenvalue weighted by Crippen LogP contribution is 2.39. The molecule has 0 aliphatic heterocycles. The van der Waals surface area contributed by atoms with Crippen molar-refractivity contribution in [1.29, 1.82) is 0 Å². The lowest BCUT2D eigenvalue weighted by atomic mass is 10.0. The zero-order valence-corrected chi connectivity index (χ0v) is 17.5. The summed E-state index contributed by atoms with van der Waals surface area (Å²) in [5.74, 6) is -0.0200. The van der Waals surface area contributed by atoms with Gasteiger partial charge in [-0.3, -0.25) is 4.79 Å². The minimum Gasteiger partial charge on any atom is -0.504 e. The summed E-state index contributed by atoms with van der Waals surface area (Å²) in [5, 5.41) is 16.3. The number of nitrogens with zero attached hydrogens (tertiary/aromatic N) is 1. The highest BCUT2D eigenvalue weighted by molar-refractivity contribution is 9.13. The topological polar surface area (TPSA) is 70.9 Å². The molecular weight excluding hydrogens is 476 g/mol. The molecule has 0 saturated heterocycles. The summed E-state index contributed by atoms with van der Waals surface area (Å²) in [6.45, 7) is 0. The molecule has 3 rings (SSSR count). The maximum Gasteiger partial charge on any atom is 0.244 e. The lowest BCUT2D eigenvalue weighted by Gasteiger charge is -2.10. The predicted molar refractivity (Wildman–Crippen MR) is 113 cm³/mol. The van der Waals surface area contributed by atoms with E-state index < -0.39 is 0 Å². The van der Waals surface area contributed by atoms with Gasteiger partial charge < -0.3 is 9.84 Å². The van der Waals surface area contributed by atoms with Crippen LogP contribution in [0.15, 0.2) is 62.6 Å². The van der Waals surface area contributed by atoms with E-state index in [-0.39, 0.29) is 18.1 Å². The number of carbonyl (C=O) groups is 1. The van der Waals surface area contributed by atoms with Gasteiger partial charge in [0.15, 0.2) is 11.5 Å². The average molecular weight is 492 g/mol. The number of ether oxygens (including phenoxy) is 1. The molecule has 7 heteroatoms. The summed E-state index contributed by atoms with van der Waals surface area (Å²) >= 11 is 6.75. The van der Waals surface area contributed by atoms with Gasteiger partial charge in [0.05, 0.1) is 25.3 Å². The summed E-state index contributed by atoms with van der Waals surface area (Å²) in [6, 6.07) is 15.4. The summed E-state index contributed by atoms with van der Waals surface area (Å²) in [5.41, 5.74) is 3.82. The van der Waals surface area contributed by atoms with Crippen LogP contribution < -0.4 is 10.2 Å². The molecule has 3 aromatic carbocycles. The van der Waals surface area contributed by atoms with Crippen molar-refractivity contribution in [2.45, 2.75) is 6.42 Å². The Morgan fingerprint density at radius 1 is 1.22 bits per heavy atom. The van der Waals surface area contributed by atoms with Gasteiger partial charge in [-0.2, -0.15) is 5.10 Å². The van der Waals surface area contributed by atoms with Crippen LogP contribution in [0.3, 0.4) is 0 Å². The van der Waals surface area contributed by atoms with Gasteiger partial charge in [0, 0.05) is 8.95 Å². The Morgan fingerprint density at radius 3 is 2.74 bits per heavy atom. The van der Waals surface area contributed by atoms with E-state index >= 15 is 0 Å². The van der Waals surface area contributed by atoms with Gasteiger partial charge in [0.1, 0.15) is 0 Å². The van der Waals surface area contributed by atoms with E-state index in [0.29, 0.717) is 20.3 Å². The number of carbonyl (C=O) groups excluding carboxylic acids is 1. The van der Waals surface area contributed by atoms with Crippen LogP contribution in [0.1, 0.15) is 11.1 Å². The largest absolute Gasteiger partial charge is 0.504 e. The molecule has 0 spiro atoms. The number of hydrogen-bond acceptors (Lipinski definition) is 4. The van der Waals surface area contributed by atoms with Gasteiger partial charge in [-0.05, 0) is 54.3 Å². The second-order valence-corrected chi connectivity index (χ2v) is 7.39. The molecule has 138 valence electrons. The number of methoxy groups -OCH3 is 1. The van der Waals surface area contributed by atoms with Crippen molar-refractivity contribution in [3.63, 3.8) is 0 Å². The lowest BCUT2D eigenvalue weighted by Crippen LogP contribution is -2.20. The van der Waals surface area contributed by atoms with Crippen molar-refractivity contribution >= 4 is 54.8 Å². The Balaban J connectivity index is 1.75. The van der Waals surface area contributed by atoms with Gasteiger partial charge in [0.2, 0.25) is 5.91 Å². The predicted octanol–water partition coefficient (Wildman–Crippen LogP) is 4.77. The normalized spacial score (nSPS) is 11.1. The molecule has 0 fully saturated rings. The number of phenols is 1. The first-order chi connectivity index (χ1) is 13.0. The molecule has 0 unspecified atom stereocenters. The van der Waals surface area contributed by atoms with Crippen LogP contribution in [0.5, 0.6) is 11.5 Å². The number of hydrazone groups is 1. The smallest absolute Gasteiger partial charge is 0.244 e. The van der Waals surface area contributed by atoms with Crippen LogP contribution in [0.4, 0.5) is 0 Å². The van der Waals surface area contributed by atoms with E-state index in [1.165, 1.54) is 13.3 Å². The first kappa shape index (κ1) is 19.4. The van der Waals surface area contributed by atoms with Crippen molar-refractivity contribution in [2.75, 3.05) is 7.11 Å². The molecular formula is C20H16Br2N2O3. The van der Waals surface area contributed by atoms with E-state index in [1.54, 1.807) is 6.07 Å². The second kappa shape index (κ2) is 8.54. The van der Waals surface area contributed by atoms with E-state index in [9.17, 15) is 9.90 Å². The summed E-state index contributed by atoms with van der Waals surface area (Å²) in [6.07, 6.45) is 1.57. The quantitative estimate of drug-likeness (QED) is 0.399. The molecule has 1 amide bonds. The zero-order valence-electron chi connectivity index (χ0n) is 14.4. The van der Waals surface area contributed by atoms with E-state index in [2.05, 4.69) is 42.4 Å². The van der Waals surface area contributed by atoms with Crippen molar-refractivity contribution in [3.05, 3.63) is 68.6 Å². The molecule has 3 aromatic rings. The molecule has 0 radical (unpaired) electrons. The minimum absolute atomic E-state index is 0.0698. The number of fused-ring (bicyclic) bond motifs is 1. The molecule has 0 aliphatic carbocycles. The van der Waals surface area contributed by atoms with E-state index in [1.807, 2.05) is 42.5 Å². The van der Waals surface area contributed by atoms with Crippen molar-refractivity contribution < 1.29 is 14.6 Å². The number of rotatable bonds is 5. The fraction of sp³-hybridized carbons (Fsp3) is 0.100. The molecule has 2 N–H and O–H groups in total. The van der Waals surface area contributed by atoms with Crippen LogP contribution in [0.2, 0.25) is 0 Å². The monoisotopic (exact) mass is 490 g/mol. The molecule has 0 bridgehead atoms. The number of amides is 1. The van der Waals surface area contributed by atoms with Gasteiger partial charge in [-0.1, -0.05) is 42.5 Å². The minimum atomic E-state index is -0.250. The standard InChI is InChI=1S/C20H16Br2N2O3/c1-27-17-10-16(21)19(22)15(20(17)26)11-23-24-18(25)9-13-7-4-6-12-5-2-3-8-14(12)13/h2-8,10-11,26H,9H2,1H3,(H,24,25)/b23-11+. The van der Waals surface area contributed by atoms with Crippen LogP contribution in [0, 0.1) is 0 Å². The summed E-state index contributed by atoms with van der Waals surface area (Å²) < 4.78 is 6.42. The molecule has 0 aromatic heterocycles. The first-order valence-corrected chi connectivity index (χ1v) is 9.63. The number of aromatic hydroxyl groups is 1.